The van der Waals surface area contributed by atoms with E-state index in [4.69, 9.17) is 0 Å². The van der Waals surface area contributed by atoms with Crippen molar-refractivity contribution in [3.8, 4) is 0 Å². The first kappa shape index (κ1) is 13.9. The van der Waals surface area contributed by atoms with Crippen molar-refractivity contribution in [1.82, 2.24) is 5.32 Å². The summed E-state index contributed by atoms with van der Waals surface area (Å²) in [6.45, 7) is 1.77. The summed E-state index contributed by atoms with van der Waals surface area (Å²) in [6, 6.07) is 6.35. The maximum absolute atomic E-state index is 14.2. The summed E-state index contributed by atoms with van der Waals surface area (Å²) in [6.07, 6.45) is 7.82. The van der Waals surface area contributed by atoms with Gasteiger partial charge in [-0.2, -0.15) is 0 Å². The molecular formula is C17H25FN2. The fraction of sp³-hybridized carbons (Fsp3) is 0.647. The summed E-state index contributed by atoms with van der Waals surface area (Å²) in [5.41, 5.74) is 1.79. The van der Waals surface area contributed by atoms with Gasteiger partial charge in [0.2, 0.25) is 0 Å². The van der Waals surface area contributed by atoms with E-state index in [2.05, 4.69) is 16.3 Å². The van der Waals surface area contributed by atoms with Crippen molar-refractivity contribution in [1.29, 1.82) is 0 Å². The van der Waals surface area contributed by atoms with Gasteiger partial charge in [0, 0.05) is 26.2 Å². The third kappa shape index (κ3) is 3.51. The number of rotatable bonds is 6. The van der Waals surface area contributed by atoms with Crippen LogP contribution in [0.5, 0.6) is 0 Å². The third-order valence-electron chi connectivity index (χ3n) is 4.60. The minimum Gasteiger partial charge on any atom is -0.372 e. The zero-order valence-electron chi connectivity index (χ0n) is 12.4. The largest absolute Gasteiger partial charge is 0.372 e. The van der Waals surface area contributed by atoms with Crippen LogP contribution in [0.25, 0.3) is 0 Å². The minimum absolute atomic E-state index is 0.0828. The summed E-state index contributed by atoms with van der Waals surface area (Å²) >= 11 is 0. The lowest BCUT2D eigenvalue weighted by Gasteiger charge is -2.23. The van der Waals surface area contributed by atoms with Crippen LogP contribution in [0.4, 0.5) is 10.1 Å². The van der Waals surface area contributed by atoms with Crippen molar-refractivity contribution >= 4 is 5.69 Å². The maximum atomic E-state index is 14.2. The van der Waals surface area contributed by atoms with E-state index in [1.54, 1.807) is 6.07 Å². The van der Waals surface area contributed by atoms with Crippen LogP contribution >= 0.6 is 0 Å². The van der Waals surface area contributed by atoms with E-state index in [-0.39, 0.29) is 5.82 Å². The fourth-order valence-corrected chi connectivity index (χ4v) is 3.20. The SMILES string of the molecule is CN(CC1CCCC1)c1ccc(CNC2CC2)cc1F. The predicted octanol–water partition coefficient (Wildman–Crippen LogP) is 3.70. The van der Waals surface area contributed by atoms with Gasteiger partial charge in [-0.05, 0) is 49.3 Å². The quantitative estimate of drug-likeness (QED) is 0.852. The van der Waals surface area contributed by atoms with Crippen molar-refractivity contribution in [3.63, 3.8) is 0 Å². The van der Waals surface area contributed by atoms with E-state index in [1.807, 2.05) is 13.1 Å². The Morgan fingerprint density at radius 2 is 1.95 bits per heavy atom. The van der Waals surface area contributed by atoms with E-state index < -0.39 is 0 Å². The van der Waals surface area contributed by atoms with Crippen LogP contribution < -0.4 is 10.2 Å². The second kappa shape index (κ2) is 6.13. The highest BCUT2D eigenvalue weighted by atomic mass is 19.1. The van der Waals surface area contributed by atoms with Crippen molar-refractivity contribution in [2.75, 3.05) is 18.5 Å². The van der Waals surface area contributed by atoms with Crippen LogP contribution in [0.15, 0.2) is 18.2 Å². The van der Waals surface area contributed by atoms with E-state index in [0.29, 0.717) is 6.04 Å². The lowest BCUT2D eigenvalue weighted by molar-refractivity contribution is 0.538. The number of benzene rings is 1. The molecule has 2 fully saturated rings. The van der Waals surface area contributed by atoms with Gasteiger partial charge < -0.3 is 10.2 Å². The highest BCUT2D eigenvalue weighted by molar-refractivity contribution is 5.48. The summed E-state index contributed by atoms with van der Waals surface area (Å²) < 4.78 is 14.2. The average Bonchev–Trinajstić information content (AvgIpc) is 3.13. The summed E-state index contributed by atoms with van der Waals surface area (Å²) in [5.74, 6) is 0.663. The molecule has 3 heteroatoms. The molecule has 1 aromatic rings. The highest BCUT2D eigenvalue weighted by Crippen LogP contribution is 2.28. The molecule has 0 aromatic heterocycles. The lowest BCUT2D eigenvalue weighted by Crippen LogP contribution is -2.25. The van der Waals surface area contributed by atoms with E-state index in [9.17, 15) is 4.39 Å². The second-order valence-corrected chi connectivity index (χ2v) is 6.47. The lowest BCUT2D eigenvalue weighted by atomic mass is 10.1. The van der Waals surface area contributed by atoms with Gasteiger partial charge in [0.25, 0.3) is 0 Å². The first-order valence-corrected chi connectivity index (χ1v) is 7.95. The summed E-state index contributed by atoms with van der Waals surface area (Å²) in [5, 5.41) is 3.43. The van der Waals surface area contributed by atoms with Crippen molar-refractivity contribution in [3.05, 3.63) is 29.6 Å². The molecular weight excluding hydrogens is 251 g/mol. The monoisotopic (exact) mass is 276 g/mol. The summed E-state index contributed by atoms with van der Waals surface area (Å²) in [7, 11) is 2.01. The number of nitrogens with one attached hydrogen (secondary N) is 1. The molecule has 0 heterocycles. The molecule has 2 aliphatic rings. The molecule has 0 amide bonds. The zero-order chi connectivity index (χ0) is 13.9. The molecule has 0 spiro atoms. The minimum atomic E-state index is -0.0828. The van der Waals surface area contributed by atoms with Crippen LogP contribution in [-0.2, 0) is 6.54 Å². The van der Waals surface area contributed by atoms with Gasteiger partial charge in [0.05, 0.1) is 5.69 Å². The smallest absolute Gasteiger partial charge is 0.146 e. The number of anilines is 1. The standard InChI is InChI=1S/C17H25FN2/c1-20(12-13-4-2-3-5-13)17-9-6-14(10-16(17)18)11-19-15-7-8-15/h6,9-10,13,15,19H,2-5,7-8,11-12H2,1H3. The van der Waals surface area contributed by atoms with Gasteiger partial charge in [0.1, 0.15) is 5.82 Å². The van der Waals surface area contributed by atoms with Gasteiger partial charge in [-0.3, -0.25) is 0 Å². The van der Waals surface area contributed by atoms with Crippen LogP contribution in [-0.4, -0.2) is 19.6 Å². The number of hydrogen-bond acceptors (Lipinski definition) is 2. The molecule has 3 rings (SSSR count). The molecule has 2 saturated carbocycles. The Kier molecular flexibility index (Phi) is 4.25. The molecule has 2 aliphatic carbocycles. The molecule has 1 aromatic carbocycles. The Bertz CT molecular complexity index is 450. The second-order valence-electron chi connectivity index (χ2n) is 6.47. The van der Waals surface area contributed by atoms with E-state index in [1.165, 1.54) is 38.5 Å². The van der Waals surface area contributed by atoms with E-state index in [0.717, 1.165) is 30.3 Å². The Morgan fingerprint density at radius 1 is 1.20 bits per heavy atom. The molecule has 1 N–H and O–H groups in total. The van der Waals surface area contributed by atoms with Gasteiger partial charge in [-0.1, -0.05) is 18.9 Å². The molecule has 0 atom stereocenters. The molecule has 0 saturated heterocycles. The van der Waals surface area contributed by atoms with Crippen molar-refractivity contribution in [2.24, 2.45) is 5.92 Å². The topological polar surface area (TPSA) is 15.3 Å². The number of hydrogen-bond donors (Lipinski definition) is 1. The van der Waals surface area contributed by atoms with E-state index >= 15 is 0 Å². The number of halogens is 1. The Balaban J connectivity index is 1.59. The molecule has 0 unspecified atom stereocenters. The van der Waals surface area contributed by atoms with Crippen LogP contribution in [0, 0.1) is 11.7 Å². The zero-order valence-corrected chi connectivity index (χ0v) is 12.4. The van der Waals surface area contributed by atoms with Crippen LogP contribution in [0.2, 0.25) is 0 Å². The van der Waals surface area contributed by atoms with Gasteiger partial charge in [-0.25, -0.2) is 4.39 Å². The van der Waals surface area contributed by atoms with Gasteiger partial charge in [-0.15, -0.1) is 0 Å². The fourth-order valence-electron chi connectivity index (χ4n) is 3.20. The normalized spacial score (nSPS) is 19.5. The van der Waals surface area contributed by atoms with Crippen molar-refractivity contribution < 1.29 is 4.39 Å². The third-order valence-corrected chi connectivity index (χ3v) is 4.60. The molecule has 110 valence electrons. The van der Waals surface area contributed by atoms with Crippen LogP contribution in [0.1, 0.15) is 44.1 Å². The Hall–Kier alpha value is -1.09. The highest BCUT2D eigenvalue weighted by Gasteiger charge is 2.21. The van der Waals surface area contributed by atoms with Crippen molar-refractivity contribution in [2.45, 2.75) is 51.1 Å². The van der Waals surface area contributed by atoms with Crippen LogP contribution in [0.3, 0.4) is 0 Å². The average molecular weight is 276 g/mol. The molecule has 20 heavy (non-hydrogen) atoms. The first-order chi connectivity index (χ1) is 9.72. The first-order valence-electron chi connectivity index (χ1n) is 7.95. The number of nitrogens with zero attached hydrogens (tertiary/aromatic N) is 1. The molecule has 2 nitrogen and oxygen atoms in total. The van der Waals surface area contributed by atoms with Gasteiger partial charge in [0.15, 0.2) is 0 Å². The summed E-state index contributed by atoms with van der Waals surface area (Å²) in [4.78, 5) is 2.09. The molecule has 0 bridgehead atoms. The van der Waals surface area contributed by atoms with Gasteiger partial charge >= 0.3 is 0 Å². The molecule has 0 radical (unpaired) electrons. The molecule has 0 aliphatic heterocycles. The Labute approximate surface area is 121 Å². The Morgan fingerprint density at radius 3 is 2.60 bits per heavy atom. The predicted molar refractivity (Wildman–Crippen MR) is 81.5 cm³/mol. The maximum Gasteiger partial charge on any atom is 0.146 e.